The lowest BCUT2D eigenvalue weighted by Gasteiger charge is -2.10. The van der Waals surface area contributed by atoms with Crippen molar-refractivity contribution in [2.24, 2.45) is 0 Å². The number of rotatable bonds is 12. The quantitative estimate of drug-likeness (QED) is 0.322. The Morgan fingerprint density at radius 2 is 1.91 bits per heavy atom. The van der Waals surface area contributed by atoms with Crippen LogP contribution in [0.2, 0.25) is 0 Å². The van der Waals surface area contributed by atoms with Crippen LogP contribution in [0.5, 0.6) is 5.75 Å². The summed E-state index contributed by atoms with van der Waals surface area (Å²) in [7, 11) is 0. The molecule has 0 fully saturated rings. The molecule has 0 bridgehead atoms. The first-order valence-corrected chi connectivity index (χ1v) is 11.7. The van der Waals surface area contributed by atoms with Gasteiger partial charge in [-0.05, 0) is 35.6 Å². The predicted octanol–water partition coefficient (Wildman–Crippen LogP) is 4.62. The summed E-state index contributed by atoms with van der Waals surface area (Å²) in [6.45, 7) is 9.60. The molecule has 7 heteroatoms. The summed E-state index contributed by atoms with van der Waals surface area (Å²) in [4.78, 5) is 12.2. The molecule has 3 rings (SSSR count). The Kier molecular flexibility index (Phi) is 8.92. The number of carbonyl (C=O) groups is 1. The molecule has 0 radical (unpaired) electrons. The smallest absolute Gasteiger partial charge is 0.230 e. The summed E-state index contributed by atoms with van der Waals surface area (Å²) >= 11 is 1.36. The highest BCUT2D eigenvalue weighted by Crippen LogP contribution is 2.21. The molecule has 1 aromatic heterocycles. The molecule has 0 unspecified atom stereocenters. The zero-order valence-electron chi connectivity index (χ0n) is 18.7. The fourth-order valence-electron chi connectivity index (χ4n) is 3.11. The van der Waals surface area contributed by atoms with E-state index in [2.05, 4.69) is 60.2 Å². The topological polar surface area (TPSA) is 69.0 Å². The van der Waals surface area contributed by atoms with Crippen LogP contribution in [0.3, 0.4) is 0 Å². The first-order valence-electron chi connectivity index (χ1n) is 10.8. The summed E-state index contributed by atoms with van der Waals surface area (Å²) in [6.07, 6.45) is 2.60. The monoisotopic (exact) mass is 450 g/mol. The third-order valence-corrected chi connectivity index (χ3v) is 5.90. The lowest BCUT2D eigenvalue weighted by Crippen LogP contribution is -2.27. The Morgan fingerprint density at radius 3 is 2.59 bits per heavy atom. The van der Waals surface area contributed by atoms with Crippen LogP contribution in [0.4, 0.5) is 0 Å². The number of hydrogen-bond acceptors (Lipinski definition) is 5. The van der Waals surface area contributed by atoms with E-state index in [-0.39, 0.29) is 11.7 Å². The predicted molar refractivity (Wildman–Crippen MR) is 129 cm³/mol. The second-order valence-corrected chi connectivity index (χ2v) is 8.63. The van der Waals surface area contributed by atoms with Gasteiger partial charge in [0.15, 0.2) is 11.0 Å². The molecule has 1 amide bonds. The number of ether oxygens (including phenoxy) is 1. The Labute approximate surface area is 194 Å². The molecule has 6 nitrogen and oxygen atoms in total. The number of hydrogen-bond donors (Lipinski definition) is 1. The van der Waals surface area contributed by atoms with Gasteiger partial charge in [-0.2, -0.15) is 0 Å². The number of amides is 1. The molecule has 168 valence electrons. The largest absolute Gasteiger partial charge is 0.486 e. The van der Waals surface area contributed by atoms with Crippen molar-refractivity contribution in [3.63, 3.8) is 0 Å². The fraction of sp³-hybridized carbons (Fsp3) is 0.320. The lowest BCUT2D eigenvalue weighted by atomic mass is 10.0. The highest BCUT2D eigenvalue weighted by Gasteiger charge is 2.14. The molecule has 0 aliphatic carbocycles. The highest BCUT2D eigenvalue weighted by atomic mass is 32.2. The summed E-state index contributed by atoms with van der Waals surface area (Å²) in [5.41, 5.74) is 2.47. The average Bonchev–Trinajstić information content (AvgIpc) is 3.19. The molecule has 1 heterocycles. The van der Waals surface area contributed by atoms with E-state index >= 15 is 0 Å². The fourth-order valence-corrected chi connectivity index (χ4v) is 3.91. The zero-order chi connectivity index (χ0) is 22.8. The van der Waals surface area contributed by atoms with E-state index in [1.165, 1.54) is 22.9 Å². The Bertz CT molecular complexity index is 1000. The van der Waals surface area contributed by atoms with Crippen LogP contribution < -0.4 is 10.1 Å². The van der Waals surface area contributed by atoms with Gasteiger partial charge in [0.05, 0.1) is 5.75 Å². The molecule has 0 atom stereocenters. The van der Waals surface area contributed by atoms with Crippen LogP contribution in [0, 0.1) is 0 Å². The van der Waals surface area contributed by atoms with E-state index in [9.17, 15) is 4.79 Å². The number of carbonyl (C=O) groups excluding carboxylic acids is 1. The minimum Gasteiger partial charge on any atom is -0.486 e. The first kappa shape index (κ1) is 23.6. The van der Waals surface area contributed by atoms with Crippen molar-refractivity contribution in [2.75, 3.05) is 12.3 Å². The number of benzene rings is 2. The normalized spacial score (nSPS) is 10.8. The van der Waals surface area contributed by atoms with Crippen LogP contribution in [-0.4, -0.2) is 33.0 Å². The molecule has 1 N–H and O–H groups in total. The first-order chi connectivity index (χ1) is 15.6. The van der Waals surface area contributed by atoms with Crippen LogP contribution >= 0.6 is 11.8 Å². The molecule has 2 aromatic carbocycles. The number of allylic oxidation sites excluding steroid dienone is 1. The minimum atomic E-state index is -0.0258. The van der Waals surface area contributed by atoms with Crippen LogP contribution in [0.1, 0.15) is 36.7 Å². The third-order valence-electron chi connectivity index (χ3n) is 4.93. The summed E-state index contributed by atoms with van der Waals surface area (Å²) < 4.78 is 7.83. The maximum absolute atomic E-state index is 12.2. The Balaban J connectivity index is 1.51. The van der Waals surface area contributed by atoms with E-state index in [1.807, 2.05) is 34.9 Å². The molecule has 0 aliphatic rings. The number of nitrogens with one attached hydrogen (secondary N) is 1. The summed E-state index contributed by atoms with van der Waals surface area (Å²) in [6, 6.07) is 18.2. The highest BCUT2D eigenvalue weighted by molar-refractivity contribution is 7.99. The van der Waals surface area contributed by atoms with E-state index in [4.69, 9.17) is 4.74 Å². The van der Waals surface area contributed by atoms with Gasteiger partial charge >= 0.3 is 0 Å². The van der Waals surface area contributed by atoms with Gasteiger partial charge in [-0.25, -0.2) is 0 Å². The maximum atomic E-state index is 12.2. The maximum Gasteiger partial charge on any atom is 0.230 e. The van der Waals surface area contributed by atoms with Crippen LogP contribution in [0.15, 0.2) is 72.4 Å². The third kappa shape index (κ3) is 6.99. The van der Waals surface area contributed by atoms with Gasteiger partial charge in [-0.15, -0.1) is 16.8 Å². The van der Waals surface area contributed by atoms with Gasteiger partial charge in [-0.1, -0.05) is 74.1 Å². The number of aromatic nitrogens is 3. The minimum absolute atomic E-state index is 0.0258. The molecular formula is C25H30N4O2S. The zero-order valence-corrected chi connectivity index (χ0v) is 19.5. The lowest BCUT2D eigenvalue weighted by molar-refractivity contribution is -0.118. The molecule has 0 aliphatic heterocycles. The van der Waals surface area contributed by atoms with Gasteiger partial charge in [0.25, 0.3) is 0 Å². The molecule has 0 saturated carbocycles. The van der Waals surface area contributed by atoms with Crippen LogP contribution in [0.25, 0.3) is 0 Å². The van der Waals surface area contributed by atoms with Crippen molar-refractivity contribution in [1.29, 1.82) is 0 Å². The Morgan fingerprint density at radius 1 is 1.16 bits per heavy atom. The van der Waals surface area contributed by atoms with Crippen molar-refractivity contribution in [1.82, 2.24) is 20.1 Å². The number of thioether (sulfide) groups is 1. The van der Waals surface area contributed by atoms with Crippen molar-refractivity contribution < 1.29 is 9.53 Å². The van der Waals surface area contributed by atoms with Crippen molar-refractivity contribution >= 4 is 17.7 Å². The van der Waals surface area contributed by atoms with E-state index < -0.39 is 0 Å². The van der Waals surface area contributed by atoms with E-state index in [0.717, 1.165) is 12.2 Å². The van der Waals surface area contributed by atoms with Crippen LogP contribution in [-0.2, 0) is 24.4 Å². The van der Waals surface area contributed by atoms with Crippen molar-refractivity contribution in [3.8, 4) is 5.75 Å². The molecule has 3 aromatic rings. The van der Waals surface area contributed by atoms with E-state index in [1.54, 1.807) is 6.08 Å². The van der Waals surface area contributed by atoms with Gasteiger partial charge in [-0.3, -0.25) is 9.36 Å². The Hall–Kier alpha value is -3.06. The second kappa shape index (κ2) is 12.1. The molecule has 32 heavy (non-hydrogen) atoms. The average molecular weight is 451 g/mol. The van der Waals surface area contributed by atoms with E-state index in [0.29, 0.717) is 36.6 Å². The van der Waals surface area contributed by atoms with Gasteiger partial charge in [0.2, 0.25) is 5.91 Å². The standard InChI is InChI=1S/C25H30N4O2S/c1-4-16-29-23(17-31-22-12-10-21(11-13-22)19(2)3)27-28-25(29)32-18-24(30)26-15-14-20-8-6-5-7-9-20/h4-13,19H,1,14-18H2,2-3H3,(H,26,30). The van der Waals surface area contributed by atoms with Gasteiger partial charge in [0.1, 0.15) is 12.4 Å². The second-order valence-electron chi connectivity index (χ2n) is 7.68. The molecule has 0 saturated heterocycles. The molecule has 0 spiro atoms. The number of nitrogens with zero attached hydrogens (tertiary/aromatic N) is 3. The van der Waals surface area contributed by atoms with Crippen molar-refractivity contribution in [3.05, 3.63) is 84.2 Å². The molecular weight excluding hydrogens is 420 g/mol. The summed E-state index contributed by atoms with van der Waals surface area (Å²) in [5.74, 6) is 2.22. The SMILES string of the molecule is C=CCn1c(COc2ccc(C(C)C)cc2)nnc1SCC(=O)NCCc1ccccc1. The van der Waals surface area contributed by atoms with Gasteiger partial charge in [0, 0.05) is 13.1 Å². The summed E-state index contributed by atoms with van der Waals surface area (Å²) in [5, 5.41) is 12.1. The van der Waals surface area contributed by atoms with Gasteiger partial charge < -0.3 is 10.1 Å². The van der Waals surface area contributed by atoms with Crippen molar-refractivity contribution in [2.45, 2.75) is 44.5 Å².